The number of nitrogen functional groups attached to an aromatic ring is 1. The summed E-state index contributed by atoms with van der Waals surface area (Å²) in [6.07, 6.45) is 4.43. The number of imidazole rings is 2. The molecule has 1 aliphatic heterocycles. The van der Waals surface area contributed by atoms with E-state index in [2.05, 4.69) is 15.0 Å². The second kappa shape index (κ2) is 8.38. The van der Waals surface area contributed by atoms with Gasteiger partial charge in [-0.25, -0.2) is 19.3 Å². The van der Waals surface area contributed by atoms with Gasteiger partial charge in [0.1, 0.15) is 11.5 Å². The number of carbonyl (C=O) groups excluding carboxylic acids is 1. The lowest BCUT2D eigenvalue weighted by molar-refractivity contribution is -0.00217. The molecule has 0 atom stereocenters. The number of nitrogens with zero attached hydrogens (tertiary/aromatic N) is 6. The SMILES string of the molecule is Cn1cnc2ccc(-c3c(-c4ccc(F)cc4)nc(N)c4nc(C(=O)N5CCC(C)(O)CC5)cn34)cc21. The van der Waals surface area contributed by atoms with Gasteiger partial charge >= 0.3 is 0 Å². The van der Waals surface area contributed by atoms with E-state index in [9.17, 15) is 14.3 Å². The van der Waals surface area contributed by atoms with Crippen LogP contribution in [0, 0.1) is 5.82 Å². The van der Waals surface area contributed by atoms with Gasteiger partial charge in [0.05, 0.1) is 34.3 Å². The molecule has 188 valence electrons. The van der Waals surface area contributed by atoms with E-state index in [4.69, 9.17) is 5.73 Å². The third-order valence-corrected chi connectivity index (χ3v) is 7.10. The molecule has 0 bridgehead atoms. The maximum absolute atomic E-state index is 13.7. The van der Waals surface area contributed by atoms with Gasteiger partial charge < -0.3 is 20.3 Å². The fourth-order valence-corrected chi connectivity index (χ4v) is 4.88. The zero-order valence-electron chi connectivity index (χ0n) is 20.5. The molecule has 0 spiro atoms. The van der Waals surface area contributed by atoms with Crippen LogP contribution < -0.4 is 5.73 Å². The Morgan fingerprint density at radius 3 is 2.51 bits per heavy atom. The minimum Gasteiger partial charge on any atom is -0.390 e. The maximum Gasteiger partial charge on any atom is 0.274 e. The molecule has 0 radical (unpaired) electrons. The van der Waals surface area contributed by atoms with Crippen LogP contribution in [0.2, 0.25) is 0 Å². The first kappa shape index (κ1) is 23.1. The summed E-state index contributed by atoms with van der Waals surface area (Å²) in [5, 5.41) is 10.3. The summed E-state index contributed by atoms with van der Waals surface area (Å²) in [6, 6.07) is 11.9. The van der Waals surface area contributed by atoms with Gasteiger partial charge in [0.15, 0.2) is 11.5 Å². The van der Waals surface area contributed by atoms with E-state index >= 15 is 0 Å². The number of piperidine rings is 1. The topological polar surface area (TPSA) is 115 Å². The molecule has 2 aromatic carbocycles. The summed E-state index contributed by atoms with van der Waals surface area (Å²) in [6.45, 7) is 2.67. The lowest BCUT2D eigenvalue weighted by Gasteiger charge is -2.35. The van der Waals surface area contributed by atoms with Crippen molar-refractivity contribution >= 4 is 28.4 Å². The highest BCUT2D eigenvalue weighted by atomic mass is 19.1. The second-order valence-corrected chi connectivity index (χ2v) is 9.87. The lowest BCUT2D eigenvalue weighted by atomic mass is 9.94. The molecular weight excluding hydrogens is 473 g/mol. The molecule has 0 aliphatic carbocycles. The first-order chi connectivity index (χ1) is 17.7. The smallest absolute Gasteiger partial charge is 0.274 e. The molecule has 10 heteroatoms. The maximum atomic E-state index is 13.7. The van der Waals surface area contributed by atoms with Crippen LogP contribution >= 0.6 is 0 Å². The van der Waals surface area contributed by atoms with E-state index in [0.29, 0.717) is 48.5 Å². The van der Waals surface area contributed by atoms with Gasteiger partial charge in [-0.2, -0.15) is 0 Å². The van der Waals surface area contributed by atoms with Crippen LogP contribution in [0.15, 0.2) is 55.0 Å². The van der Waals surface area contributed by atoms with Crippen molar-refractivity contribution in [1.82, 2.24) is 28.8 Å². The third-order valence-electron chi connectivity index (χ3n) is 7.10. The molecule has 3 N–H and O–H groups in total. The zero-order valence-corrected chi connectivity index (χ0v) is 20.5. The summed E-state index contributed by atoms with van der Waals surface area (Å²) in [5.74, 6) is -0.424. The average Bonchev–Trinajstić information content (AvgIpc) is 3.48. The molecule has 1 fully saturated rings. The van der Waals surface area contributed by atoms with Gasteiger partial charge in [0, 0.05) is 37.5 Å². The van der Waals surface area contributed by atoms with Gasteiger partial charge in [-0.05, 0) is 56.2 Å². The summed E-state index contributed by atoms with van der Waals surface area (Å²) in [7, 11) is 1.92. The molecule has 4 heterocycles. The van der Waals surface area contributed by atoms with Crippen molar-refractivity contribution in [2.75, 3.05) is 18.8 Å². The van der Waals surface area contributed by atoms with Gasteiger partial charge in [-0.1, -0.05) is 6.07 Å². The quantitative estimate of drug-likeness (QED) is 0.392. The van der Waals surface area contributed by atoms with Crippen LogP contribution in [0.25, 0.3) is 39.2 Å². The molecule has 9 nitrogen and oxygen atoms in total. The van der Waals surface area contributed by atoms with Crippen molar-refractivity contribution in [3.63, 3.8) is 0 Å². The molecule has 1 amide bonds. The van der Waals surface area contributed by atoms with E-state index < -0.39 is 5.60 Å². The zero-order chi connectivity index (χ0) is 25.9. The number of amides is 1. The number of anilines is 1. The van der Waals surface area contributed by atoms with Crippen molar-refractivity contribution in [3.05, 3.63) is 66.5 Å². The highest BCUT2D eigenvalue weighted by molar-refractivity contribution is 5.95. The Morgan fingerprint density at radius 1 is 1.08 bits per heavy atom. The van der Waals surface area contributed by atoms with Gasteiger partial charge in [0.2, 0.25) is 0 Å². The largest absolute Gasteiger partial charge is 0.390 e. The predicted molar refractivity (Wildman–Crippen MR) is 138 cm³/mol. The van der Waals surface area contributed by atoms with Crippen molar-refractivity contribution < 1.29 is 14.3 Å². The number of likely N-dealkylation sites (tertiary alicyclic amines) is 1. The van der Waals surface area contributed by atoms with Crippen LogP contribution in [0.5, 0.6) is 0 Å². The summed E-state index contributed by atoms with van der Waals surface area (Å²) in [5.41, 5.74) is 10.7. The minimum atomic E-state index is -0.772. The number of fused-ring (bicyclic) bond motifs is 2. The third kappa shape index (κ3) is 3.99. The predicted octanol–water partition coefficient (Wildman–Crippen LogP) is 3.66. The highest BCUT2D eigenvalue weighted by Crippen LogP contribution is 2.35. The number of halogens is 1. The van der Waals surface area contributed by atoms with Crippen LogP contribution in [0.3, 0.4) is 0 Å². The van der Waals surface area contributed by atoms with Gasteiger partial charge in [-0.15, -0.1) is 0 Å². The molecule has 1 saturated heterocycles. The minimum absolute atomic E-state index is 0.158. The fraction of sp³-hybridized carbons (Fsp3) is 0.259. The number of benzene rings is 2. The number of aliphatic hydroxyl groups is 1. The number of rotatable bonds is 3. The molecule has 37 heavy (non-hydrogen) atoms. The Balaban J connectivity index is 1.55. The van der Waals surface area contributed by atoms with Crippen molar-refractivity contribution in [3.8, 4) is 22.5 Å². The van der Waals surface area contributed by atoms with Crippen LogP contribution in [0.4, 0.5) is 10.2 Å². The number of carbonyl (C=O) groups is 1. The van der Waals surface area contributed by atoms with E-state index in [0.717, 1.165) is 16.6 Å². The van der Waals surface area contributed by atoms with E-state index in [1.807, 2.05) is 29.8 Å². The Hall–Kier alpha value is -4.31. The number of hydrogen-bond acceptors (Lipinski definition) is 6. The Labute approximate surface area is 212 Å². The number of hydrogen-bond donors (Lipinski definition) is 2. The molecule has 6 rings (SSSR count). The first-order valence-electron chi connectivity index (χ1n) is 12.1. The van der Waals surface area contributed by atoms with Gasteiger partial charge in [-0.3, -0.25) is 9.20 Å². The van der Waals surface area contributed by atoms with E-state index in [1.54, 1.807) is 40.9 Å². The monoisotopic (exact) mass is 499 g/mol. The van der Waals surface area contributed by atoms with Crippen LogP contribution in [-0.4, -0.2) is 58.5 Å². The molecule has 0 unspecified atom stereocenters. The van der Waals surface area contributed by atoms with Crippen LogP contribution in [0.1, 0.15) is 30.3 Å². The molecule has 1 aliphatic rings. The molecule has 0 saturated carbocycles. The van der Waals surface area contributed by atoms with E-state index in [-0.39, 0.29) is 23.2 Å². The molecule has 3 aromatic heterocycles. The first-order valence-corrected chi connectivity index (χ1v) is 12.1. The van der Waals surface area contributed by atoms with Gasteiger partial charge in [0.25, 0.3) is 5.91 Å². The Morgan fingerprint density at radius 2 is 1.78 bits per heavy atom. The summed E-state index contributed by atoms with van der Waals surface area (Å²) >= 11 is 0. The highest BCUT2D eigenvalue weighted by Gasteiger charge is 2.31. The summed E-state index contributed by atoms with van der Waals surface area (Å²) in [4.78, 5) is 28.7. The standard InChI is InChI=1S/C27H26FN7O2/c1-27(37)9-11-34(12-10-27)26(36)20-14-35-23(17-5-8-19-21(13-17)33(2)15-30-19)22(32-24(29)25(35)31-20)16-3-6-18(28)7-4-16/h3-8,13-15,37H,9-12H2,1-2H3,(H2,29,32). The number of aryl methyl sites for hydroxylation is 1. The average molecular weight is 500 g/mol. The number of nitrogens with two attached hydrogens (primary N) is 1. The Kier molecular flexibility index (Phi) is 5.23. The normalized spacial score (nSPS) is 15.5. The number of aromatic nitrogens is 5. The molecule has 5 aromatic rings. The van der Waals surface area contributed by atoms with Crippen LogP contribution in [-0.2, 0) is 7.05 Å². The molecular formula is C27H26FN7O2. The van der Waals surface area contributed by atoms with Crippen molar-refractivity contribution in [1.29, 1.82) is 0 Å². The Bertz CT molecular complexity index is 1660. The second-order valence-electron chi connectivity index (χ2n) is 9.87. The van der Waals surface area contributed by atoms with Crippen molar-refractivity contribution in [2.45, 2.75) is 25.4 Å². The van der Waals surface area contributed by atoms with E-state index in [1.165, 1.54) is 12.1 Å². The lowest BCUT2D eigenvalue weighted by Crippen LogP contribution is -2.45. The fourth-order valence-electron chi connectivity index (χ4n) is 4.88. The van der Waals surface area contributed by atoms with Crippen molar-refractivity contribution in [2.24, 2.45) is 7.05 Å². The summed E-state index contributed by atoms with van der Waals surface area (Å²) < 4.78 is 17.4.